The number of aliphatic carboxylic acids is 1. The van der Waals surface area contributed by atoms with Crippen LogP contribution in [0.5, 0.6) is 0 Å². The molecule has 0 aliphatic rings. The maximum absolute atomic E-state index is 11.0. The second-order valence-corrected chi connectivity index (χ2v) is 4.90. The predicted molar refractivity (Wildman–Crippen MR) is 71.9 cm³/mol. The Morgan fingerprint density at radius 3 is 2.72 bits per heavy atom. The Hall–Kier alpha value is -1.90. The molecule has 0 fully saturated rings. The summed E-state index contributed by atoms with van der Waals surface area (Å²) >= 11 is 0. The Balaban J connectivity index is 2.72. The minimum absolute atomic E-state index is 0.0438. The molecule has 94 valence electrons. The maximum Gasteiger partial charge on any atom is 0.307 e. The minimum atomic E-state index is -0.807. The summed E-state index contributed by atoms with van der Waals surface area (Å²) in [7, 11) is 0. The summed E-state index contributed by atoms with van der Waals surface area (Å²) in [4.78, 5) is 15.6. The molecule has 0 atom stereocenters. The maximum atomic E-state index is 11.0. The molecule has 1 aromatic carbocycles. The van der Waals surface area contributed by atoms with Crippen molar-refractivity contribution in [3.8, 4) is 0 Å². The molecule has 1 aromatic heterocycles. The Labute approximate surface area is 106 Å². The number of carbonyl (C=O) groups is 1. The van der Waals surface area contributed by atoms with E-state index >= 15 is 0 Å². The van der Waals surface area contributed by atoms with Gasteiger partial charge in [-0.15, -0.1) is 0 Å². The van der Waals surface area contributed by atoms with E-state index in [0.29, 0.717) is 5.92 Å². The summed E-state index contributed by atoms with van der Waals surface area (Å²) in [6.07, 6.45) is 0.0438. The number of aryl methyl sites for hydroxylation is 1. The van der Waals surface area contributed by atoms with Crippen LogP contribution >= 0.6 is 0 Å². The van der Waals surface area contributed by atoms with Crippen LogP contribution in [-0.4, -0.2) is 16.1 Å². The molecule has 0 aliphatic carbocycles. The fraction of sp³-hybridized carbons (Fsp3) is 0.333. The van der Waals surface area contributed by atoms with Crippen LogP contribution in [-0.2, 0) is 11.2 Å². The van der Waals surface area contributed by atoms with Gasteiger partial charge in [-0.05, 0) is 30.0 Å². The van der Waals surface area contributed by atoms with Crippen molar-refractivity contribution < 1.29 is 9.90 Å². The fourth-order valence-electron chi connectivity index (χ4n) is 2.09. The highest BCUT2D eigenvalue weighted by Crippen LogP contribution is 2.25. The predicted octanol–water partition coefficient (Wildman–Crippen LogP) is 3.29. The van der Waals surface area contributed by atoms with Crippen LogP contribution in [0.15, 0.2) is 24.3 Å². The van der Waals surface area contributed by atoms with Gasteiger partial charge in [0, 0.05) is 11.1 Å². The summed E-state index contributed by atoms with van der Waals surface area (Å²) < 4.78 is 0. The average molecular weight is 243 g/mol. The summed E-state index contributed by atoms with van der Waals surface area (Å²) in [5.74, 6) is -0.514. The number of aromatic nitrogens is 1. The normalized spacial score (nSPS) is 11.1. The van der Waals surface area contributed by atoms with E-state index < -0.39 is 5.97 Å². The molecule has 0 saturated carbocycles. The summed E-state index contributed by atoms with van der Waals surface area (Å²) in [5, 5.41) is 9.95. The van der Waals surface area contributed by atoms with Crippen molar-refractivity contribution in [2.75, 3.05) is 0 Å². The Bertz CT molecular complexity index is 603. The molecule has 0 spiro atoms. The third-order valence-corrected chi connectivity index (χ3v) is 3.08. The van der Waals surface area contributed by atoms with Gasteiger partial charge in [-0.25, -0.2) is 0 Å². The Kier molecular flexibility index (Phi) is 3.32. The van der Waals surface area contributed by atoms with Crippen molar-refractivity contribution in [2.45, 2.75) is 33.1 Å². The molecule has 0 saturated heterocycles. The zero-order valence-electron chi connectivity index (χ0n) is 10.9. The van der Waals surface area contributed by atoms with Gasteiger partial charge in [0.25, 0.3) is 0 Å². The van der Waals surface area contributed by atoms with Gasteiger partial charge in [-0.1, -0.05) is 32.0 Å². The molecule has 3 nitrogen and oxygen atoms in total. The van der Waals surface area contributed by atoms with E-state index in [9.17, 15) is 4.79 Å². The first-order valence-corrected chi connectivity index (χ1v) is 6.10. The third kappa shape index (κ3) is 2.35. The van der Waals surface area contributed by atoms with E-state index in [1.54, 1.807) is 0 Å². The fourth-order valence-corrected chi connectivity index (χ4v) is 2.09. The van der Waals surface area contributed by atoms with E-state index in [0.717, 1.165) is 27.7 Å². The number of carboxylic acid groups (broad SMARTS) is 1. The van der Waals surface area contributed by atoms with Gasteiger partial charge < -0.3 is 5.11 Å². The molecule has 3 heteroatoms. The number of benzene rings is 1. The van der Waals surface area contributed by atoms with Crippen molar-refractivity contribution in [1.82, 2.24) is 4.98 Å². The van der Waals surface area contributed by atoms with Crippen LogP contribution in [0.1, 0.15) is 36.6 Å². The zero-order chi connectivity index (χ0) is 13.3. The highest BCUT2D eigenvalue weighted by Gasteiger charge is 2.12. The summed E-state index contributed by atoms with van der Waals surface area (Å²) in [6, 6.07) is 7.81. The molecule has 0 amide bonds. The van der Waals surface area contributed by atoms with Crippen LogP contribution in [0.4, 0.5) is 0 Å². The second-order valence-electron chi connectivity index (χ2n) is 4.90. The molecule has 1 heterocycles. The van der Waals surface area contributed by atoms with Gasteiger partial charge in [-0.2, -0.15) is 0 Å². The molecular formula is C15H17NO2. The van der Waals surface area contributed by atoms with Crippen LogP contribution in [0, 0.1) is 6.92 Å². The standard InChI is InChI=1S/C15H17NO2/c1-9(2)13-7-11(8-14(17)18)12-6-4-5-10(3)15(12)16-13/h4-7,9H,8H2,1-3H3,(H,17,18). The van der Waals surface area contributed by atoms with Crippen LogP contribution in [0.2, 0.25) is 0 Å². The van der Waals surface area contributed by atoms with Gasteiger partial charge >= 0.3 is 5.97 Å². The van der Waals surface area contributed by atoms with Gasteiger partial charge in [0.1, 0.15) is 0 Å². The minimum Gasteiger partial charge on any atom is -0.481 e. The number of carboxylic acids is 1. The van der Waals surface area contributed by atoms with Gasteiger partial charge in [-0.3, -0.25) is 9.78 Å². The first kappa shape index (κ1) is 12.6. The van der Waals surface area contributed by atoms with Crippen LogP contribution < -0.4 is 0 Å². The largest absolute Gasteiger partial charge is 0.481 e. The van der Waals surface area contributed by atoms with Gasteiger partial charge in [0.2, 0.25) is 0 Å². The quantitative estimate of drug-likeness (QED) is 0.899. The van der Waals surface area contributed by atoms with Gasteiger partial charge in [0.05, 0.1) is 11.9 Å². The number of para-hydroxylation sites is 1. The number of hydrogen-bond donors (Lipinski definition) is 1. The molecule has 18 heavy (non-hydrogen) atoms. The number of rotatable bonds is 3. The highest BCUT2D eigenvalue weighted by atomic mass is 16.4. The van der Waals surface area contributed by atoms with Crippen LogP contribution in [0.25, 0.3) is 10.9 Å². The lowest BCUT2D eigenvalue weighted by Crippen LogP contribution is -2.04. The van der Waals surface area contributed by atoms with Crippen molar-refractivity contribution in [1.29, 1.82) is 0 Å². The number of fused-ring (bicyclic) bond motifs is 1. The van der Waals surface area contributed by atoms with E-state index in [4.69, 9.17) is 5.11 Å². The average Bonchev–Trinajstić information content (AvgIpc) is 2.29. The van der Waals surface area contributed by atoms with Crippen LogP contribution in [0.3, 0.4) is 0 Å². The molecule has 0 radical (unpaired) electrons. The van der Waals surface area contributed by atoms with E-state index in [-0.39, 0.29) is 6.42 Å². The first-order valence-electron chi connectivity index (χ1n) is 6.10. The van der Waals surface area contributed by atoms with E-state index in [2.05, 4.69) is 18.8 Å². The number of hydrogen-bond acceptors (Lipinski definition) is 2. The Morgan fingerprint density at radius 2 is 2.11 bits per heavy atom. The lowest BCUT2D eigenvalue weighted by molar-refractivity contribution is -0.136. The smallest absolute Gasteiger partial charge is 0.307 e. The number of nitrogens with zero attached hydrogens (tertiary/aromatic N) is 1. The molecule has 1 N–H and O–H groups in total. The third-order valence-electron chi connectivity index (χ3n) is 3.08. The SMILES string of the molecule is Cc1cccc2c(CC(=O)O)cc(C(C)C)nc12. The highest BCUT2D eigenvalue weighted by molar-refractivity contribution is 5.88. The topological polar surface area (TPSA) is 50.2 Å². The van der Waals surface area contributed by atoms with Crippen molar-refractivity contribution in [3.05, 3.63) is 41.1 Å². The van der Waals surface area contributed by atoms with Crippen molar-refractivity contribution >= 4 is 16.9 Å². The molecule has 0 aliphatic heterocycles. The molecule has 2 rings (SSSR count). The summed E-state index contributed by atoms with van der Waals surface area (Å²) in [5.41, 5.74) is 3.80. The Morgan fingerprint density at radius 1 is 1.39 bits per heavy atom. The molecule has 2 aromatic rings. The molecule has 0 bridgehead atoms. The van der Waals surface area contributed by atoms with E-state index in [1.165, 1.54) is 0 Å². The number of pyridine rings is 1. The van der Waals surface area contributed by atoms with E-state index in [1.807, 2.05) is 31.2 Å². The lowest BCUT2D eigenvalue weighted by atomic mass is 9.99. The first-order chi connectivity index (χ1) is 8.49. The summed E-state index contributed by atoms with van der Waals surface area (Å²) in [6.45, 7) is 6.14. The zero-order valence-corrected chi connectivity index (χ0v) is 10.9. The molecule has 0 unspecified atom stereocenters. The second kappa shape index (κ2) is 4.77. The monoisotopic (exact) mass is 243 g/mol. The van der Waals surface area contributed by atoms with Gasteiger partial charge in [0.15, 0.2) is 0 Å². The molecular weight excluding hydrogens is 226 g/mol. The van der Waals surface area contributed by atoms with Crippen molar-refractivity contribution in [2.24, 2.45) is 0 Å². The lowest BCUT2D eigenvalue weighted by Gasteiger charge is -2.12. The van der Waals surface area contributed by atoms with Crippen molar-refractivity contribution in [3.63, 3.8) is 0 Å².